The van der Waals surface area contributed by atoms with E-state index in [-0.39, 0.29) is 11.5 Å². The van der Waals surface area contributed by atoms with E-state index in [2.05, 4.69) is 15.3 Å². The first-order valence-electron chi connectivity index (χ1n) is 6.16. The van der Waals surface area contributed by atoms with Crippen molar-refractivity contribution in [2.45, 2.75) is 13.3 Å². The third-order valence-corrected chi connectivity index (χ3v) is 3.17. The molecule has 102 valence electrons. The van der Waals surface area contributed by atoms with E-state index >= 15 is 0 Å². The Morgan fingerprint density at radius 3 is 2.70 bits per heavy atom. The van der Waals surface area contributed by atoms with Crippen LogP contribution >= 0.6 is 0 Å². The number of hydrogen-bond donors (Lipinski definition) is 2. The van der Waals surface area contributed by atoms with Crippen molar-refractivity contribution in [3.8, 4) is 5.95 Å². The van der Waals surface area contributed by atoms with Gasteiger partial charge in [-0.05, 0) is 12.5 Å². The second kappa shape index (κ2) is 4.69. The fourth-order valence-electron chi connectivity index (χ4n) is 2.13. The van der Waals surface area contributed by atoms with Gasteiger partial charge in [0.05, 0.1) is 0 Å². The van der Waals surface area contributed by atoms with Gasteiger partial charge in [-0.3, -0.25) is 9.89 Å². The van der Waals surface area contributed by atoms with Gasteiger partial charge in [-0.2, -0.15) is 4.68 Å². The standard InChI is InChI=1S/C13H14N6O/c1-9-11(7-10-5-3-2-4-6-10)12(20)19(17-9)13-16-15-8-18(13)14/h2-6,8,17H,7,14H2,1H3. The minimum absolute atomic E-state index is 0.161. The Morgan fingerprint density at radius 2 is 2.05 bits per heavy atom. The number of benzene rings is 1. The van der Waals surface area contributed by atoms with Crippen LogP contribution in [0.3, 0.4) is 0 Å². The van der Waals surface area contributed by atoms with Crippen LogP contribution in [0.25, 0.3) is 5.95 Å². The third kappa shape index (κ3) is 1.99. The van der Waals surface area contributed by atoms with Gasteiger partial charge >= 0.3 is 0 Å². The molecule has 0 aliphatic carbocycles. The number of rotatable bonds is 3. The lowest BCUT2D eigenvalue weighted by atomic mass is 10.1. The number of nitrogens with zero attached hydrogens (tertiary/aromatic N) is 4. The molecule has 3 aromatic rings. The molecule has 0 unspecified atom stereocenters. The SMILES string of the molecule is Cc1[nH]n(-c2nncn2N)c(=O)c1Cc1ccccc1. The molecular formula is C13H14N6O. The van der Waals surface area contributed by atoms with Crippen molar-refractivity contribution in [1.29, 1.82) is 0 Å². The molecule has 7 nitrogen and oxygen atoms in total. The summed E-state index contributed by atoms with van der Waals surface area (Å²) in [5.74, 6) is 5.93. The maximum atomic E-state index is 12.4. The molecule has 0 amide bonds. The molecule has 0 saturated carbocycles. The van der Waals surface area contributed by atoms with Crippen LogP contribution in [0, 0.1) is 6.92 Å². The minimum Gasteiger partial charge on any atom is -0.335 e. The van der Waals surface area contributed by atoms with Gasteiger partial charge in [0.25, 0.3) is 11.5 Å². The minimum atomic E-state index is -0.161. The maximum Gasteiger partial charge on any atom is 0.277 e. The molecule has 0 bridgehead atoms. The molecule has 7 heteroatoms. The van der Waals surface area contributed by atoms with Crippen molar-refractivity contribution >= 4 is 0 Å². The van der Waals surface area contributed by atoms with Crippen LogP contribution in [0.5, 0.6) is 0 Å². The van der Waals surface area contributed by atoms with Crippen LogP contribution in [0.2, 0.25) is 0 Å². The molecule has 2 aromatic heterocycles. The molecule has 0 radical (unpaired) electrons. The average Bonchev–Trinajstić information content (AvgIpc) is 2.98. The molecule has 1 aromatic carbocycles. The number of aromatic nitrogens is 5. The molecule has 0 spiro atoms. The highest BCUT2D eigenvalue weighted by Crippen LogP contribution is 2.10. The molecule has 0 aliphatic rings. The molecule has 0 fully saturated rings. The van der Waals surface area contributed by atoms with Gasteiger partial charge in [0, 0.05) is 17.7 Å². The van der Waals surface area contributed by atoms with Gasteiger partial charge in [-0.1, -0.05) is 30.3 Å². The zero-order valence-corrected chi connectivity index (χ0v) is 10.9. The Hall–Kier alpha value is -2.83. The summed E-state index contributed by atoms with van der Waals surface area (Å²) in [6.45, 7) is 1.85. The summed E-state index contributed by atoms with van der Waals surface area (Å²) in [5, 5.41) is 10.5. The number of H-pyrrole nitrogens is 1. The molecule has 2 heterocycles. The second-order valence-electron chi connectivity index (χ2n) is 4.56. The number of nitrogens with one attached hydrogen (secondary N) is 1. The predicted molar refractivity (Wildman–Crippen MR) is 74.1 cm³/mol. The maximum absolute atomic E-state index is 12.4. The lowest BCUT2D eigenvalue weighted by molar-refractivity contribution is 0.742. The normalized spacial score (nSPS) is 10.8. The Morgan fingerprint density at radius 1 is 1.30 bits per heavy atom. The van der Waals surface area contributed by atoms with Gasteiger partial charge in [0.15, 0.2) is 0 Å². The van der Waals surface area contributed by atoms with Gasteiger partial charge < -0.3 is 5.84 Å². The quantitative estimate of drug-likeness (QED) is 0.672. The highest BCUT2D eigenvalue weighted by Gasteiger charge is 2.15. The summed E-state index contributed by atoms with van der Waals surface area (Å²) in [6, 6.07) is 9.82. The summed E-state index contributed by atoms with van der Waals surface area (Å²) < 4.78 is 2.50. The number of aromatic amines is 1. The second-order valence-corrected chi connectivity index (χ2v) is 4.56. The van der Waals surface area contributed by atoms with E-state index in [1.807, 2.05) is 37.3 Å². The van der Waals surface area contributed by atoms with E-state index in [0.717, 1.165) is 11.3 Å². The predicted octanol–water partition coefficient (Wildman–Crippen LogP) is 0.370. The number of aryl methyl sites for hydroxylation is 1. The highest BCUT2D eigenvalue weighted by molar-refractivity contribution is 5.28. The molecular weight excluding hydrogens is 256 g/mol. The summed E-state index contributed by atoms with van der Waals surface area (Å²) >= 11 is 0. The van der Waals surface area contributed by atoms with Crippen molar-refractivity contribution in [1.82, 2.24) is 24.7 Å². The Labute approximate surface area is 114 Å². The first-order valence-corrected chi connectivity index (χ1v) is 6.16. The summed E-state index contributed by atoms with van der Waals surface area (Å²) in [4.78, 5) is 12.4. The van der Waals surface area contributed by atoms with Crippen molar-refractivity contribution in [3.63, 3.8) is 0 Å². The van der Waals surface area contributed by atoms with Crippen molar-refractivity contribution in [2.24, 2.45) is 0 Å². The average molecular weight is 270 g/mol. The van der Waals surface area contributed by atoms with E-state index in [1.54, 1.807) is 0 Å². The van der Waals surface area contributed by atoms with Crippen LogP contribution in [0.4, 0.5) is 0 Å². The number of nitrogens with two attached hydrogens (primary N) is 1. The Bertz CT molecular complexity index is 783. The summed E-state index contributed by atoms with van der Waals surface area (Å²) in [7, 11) is 0. The molecule has 0 aliphatic heterocycles. The van der Waals surface area contributed by atoms with Crippen LogP contribution in [-0.2, 0) is 6.42 Å². The molecule has 20 heavy (non-hydrogen) atoms. The lowest BCUT2D eigenvalue weighted by Crippen LogP contribution is -2.23. The largest absolute Gasteiger partial charge is 0.335 e. The van der Waals surface area contributed by atoms with E-state index in [0.29, 0.717) is 12.0 Å². The van der Waals surface area contributed by atoms with Crippen LogP contribution < -0.4 is 11.4 Å². The Kier molecular flexibility index (Phi) is 2.86. The van der Waals surface area contributed by atoms with Gasteiger partial charge in [0.2, 0.25) is 0 Å². The first-order chi connectivity index (χ1) is 9.66. The summed E-state index contributed by atoms with van der Waals surface area (Å²) in [5.41, 5.74) is 2.40. The third-order valence-electron chi connectivity index (χ3n) is 3.17. The van der Waals surface area contributed by atoms with E-state index in [9.17, 15) is 4.79 Å². The fraction of sp³-hybridized carbons (Fsp3) is 0.154. The monoisotopic (exact) mass is 270 g/mol. The van der Waals surface area contributed by atoms with Gasteiger partial charge in [0.1, 0.15) is 6.33 Å². The van der Waals surface area contributed by atoms with Crippen LogP contribution in [0.15, 0.2) is 41.5 Å². The molecule has 3 rings (SSSR count). The Balaban J connectivity index is 2.04. The van der Waals surface area contributed by atoms with Gasteiger partial charge in [-0.25, -0.2) is 4.68 Å². The van der Waals surface area contributed by atoms with Crippen LogP contribution in [-0.4, -0.2) is 24.7 Å². The van der Waals surface area contributed by atoms with E-state index in [1.165, 1.54) is 15.7 Å². The van der Waals surface area contributed by atoms with Crippen molar-refractivity contribution in [3.05, 3.63) is 63.8 Å². The van der Waals surface area contributed by atoms with E-state index < -0.39 is 0 Å². The van der Waals surface area contributed by atoms with Crippen LogP contribution in [0.1, 0.15) is 16.8 Å². The zero-order valence-electron chi connectivity index (χ0n) is 10.9. The topological polar surface area (TPSA) is 94.5 Å². The lowest BCUT2D eigenvalue weighted by Gasteiger charge is -1.98. The molecule has 0 saturated heterocycles. The fourth-order valence-corrected chi connectivity index (χ4v) is 2.13. The summed E-state index contributed by atoms with van der Waals surface area (Å²) in [6.07, 6.45) is 1.91. The molecule has 0 atom stereocenters. The number of nitrogen functional groups attached to an aromatic ring is 1. The van der Waals surface area contributed by atoms with Crippen molar-refractivity contribution < 1.29 is 0 Å². The molecule has 3 N–H and O–H groups in total. The number of hydrogen-bond acceptors (Lipinski definition) is 4. The highest BCUT2D eigenvalue weighted by atomic mass is 16.1. The van der Waals surface area contributed by atoms with E-state index in [4.69, 9.17) is 5.84 Å². The smallest absolute Gasteiger partial charge is 0.277 e. The zero-order chi connectivity index (χ0) is 14.1. The van der Waals surface area contributed by atoms with Gasteiger partial charge in [-0.15, -0.1) is 10.2 Å². The first kappa shape index (κ1) is 12.2. The van der Waals surface area contributed by atoms with Crippen molar-refractivity contribution in [2.75, 3.05) is 5.84 Å².